The molecule has 5 heteroatoms. The molecule has 90 valence electrons. The van der Waals surface area contributed by atoms with E-state index >= 15 is 0 Å². The standard InChI is InChI=1S/C12H17N5/c1-9(2)12-15-6-7-17(12)8-10-4-3-5-14-11(10)16-13/h3-7,9H,8,13H2,1-2H3,(H,14,16). The average Bonchev–Trinajstić information content (AvgIpc) is 2.78. The molecule has 0 saturated heterocycles. The van der Waals surface area contributed by atoms with Crippen LogP contribution in [0.2, 0.25) is 0 Å². The summed E-state index contributed by atoms with van der Waals surface area (Å²) in [7, 11) is 0. The Balaban J connectivity index is 2.28. The highest BCUT2D eigenvalue weighted by Crippen LogP contribution is 2.16. The number of anilines is 1. The van der Waals surface area contributed by atoms with E-state index in [4.69, 9.17) is 5.84 Å². The molecule has 0 amide bonds. The number of hydrogen-bond donors (Lipinski definition) is 2. The summed E-state index contributed by atoms with van der Waals surface area (Å²) >= 11 is 0. The lowest BCUT2D eigenvalue weighted by Gasteiger charge is -2.12. The summed E-state index contributed by atoms with van der Waals surface area (Å²) in [6.45, 7) is 4.98. The molecule has 0 aliphatic heterocycles. The molecule has 0 fully saturated rings. The minimum Gasteiger partial charge on any atom is -0.330 e. The van der Waals surface area contributed by atoms with Crippen molar-refractivity contribution >= 4 is 5.82 Å². The van der Waals surface area contributed by atoms with E-state index in [1.165, 1.54) is 0 Å². The van der Waals surface area contributed by atoms with Gasteiger partial charge >= 0.3 is 0 Å². The lowest BCUT2D eigenvalue weighted by atomic mass is 10.2. The summed E-state index contributed by atoms with van der Waals surface area (Å²) in [5.41, 5.74) is 3.66. The number of hydrogen-bond acceptors (Lipinski definition) is 4. The molecule has 0 radical (unpaired) electrons. The zero-order chi connectivity index (χ0) is 12.3. The van der Waals surface area contributed by atoms with E-state index in [1.807, 2.05) is 24.5 Å². The second kappa shape index (κ2) is 4.97. The summed E-state index contributed by atoms with van der Waals surface area (Å²) < 4.78 is 2.11. The first-order valence-corrected chi connectivity index (χ1v) is 5.64. The molecule has 0 saturated carbocycles. The van der Waals surface area contributed by atoms with Gasteiger partial charge in [-0.1, -0.05) is 19.9 Å². The SMILES string of the molecule is CC(C)c1nccn1Cc1cccnc1NN. The Hall–Kier alpha value is -1.88. The van der Waals surface area contributed by atoms with E-state index < -0.39 is 0 Å². The highest BCUT2D eigenvalue weighted by Gasteiger charge is 2.09. The van der Waals surface area contributed by atoms with Crippen molar-refractivity contribution in [2.45, 2.75) is 26.3 Å². The number of aromatic nitrogens is 3. The maximum Gasteiger partial charge on any atom is 0.144 e. The second-order valence-corrected chi connectivity index (χ2v) is 4.22. The minimum atomic E-state index is 0.399. The van der Waals surface area contributed by atoms with Crippen LogP contribution in [0.15, 0.2) is 30.7 Å². The van der Waals surface area contributed by atoms with Crippen molar-refractivity contribution in [1.29, 1.82) is 0 Å². The molecule has 2 aromatic rings. The molecule has 0 aliphatic carbocycles. The number of pyridine rings is 1. The predicted octanol–water partition coefficient (Wildman–Crippen LogP) is 1.74. The van der Waals surface area contributed by atoms with Crippen LogP contribution in [0.3, 0.4) is 0 Å². The quantitative estimate of drug-likeness (QED) is 0.621. The number of nitrogen functional groups attached to an aromatic ring is 1. The summed E-state index contributed by atoms with van der Waals surface area (Å²) in [5, 5.41) is 0. The van der Waals surface area contributed by atoms with Crippen LogP contribution in [0.1, 0.15) is 31.2 Å². The fourth-order valence-corrected chi connectivity index (χ4v) is 1.83. The largest absolute Gasteiger partial charge is 0.330 e. The van der Waals surface area contributed by atoms with Gasteiger partial charge in [0.15, 0.2) is 0 Å². The average molecular weight is 231 g/mol. The van der Waals surface area contributed by atoms with Gasteiger partial charge in [0, 0.05) is 30.1 Å². The summed E-state index contributed by atoms with van der Waals surface area (Å²) in [6, 6.07) is 3.91. The van der Waals surface area contributed by atoms with Crippen molar-refractivity contribution in [2.75, 3.05) is 5.43 Å². The van der Waals surface area contributed by atoms with E-state index in [2.05, 4.69) is 33.8 Å². The number of nitrogens with zero attached hydrogens (tertiary/aromatic N) is 3. The number of rotatable bonds is 4. The summed E-state index contributed by atoms with van der Waals surface area (Å²) in [5.74, 6) is 7.61. The molecule has 0 atom stereocenters. The monoisotopic (exact) mass is 231 g/mol. The van der Waals surface area contributed by atoms with Gasteiger partial charge in [-0.2, -0.15) is 0 Å². The van der Waals surface area contributed by atoms with Crippen molar-refractivity contribution < 1.29 is 0 Å². The van der Waals surface area contributed by atoms with Crippen molar-refractivity contribution in [2.24, 2.45) is 5.84 Å². The Morgan fingerprint density at radius 2 is 2.18 bits per heavy atom. The molecule has 2 aromatic heterocycles. The van der Waals surface area contributed by atoms with E-state index in [-0.39, 0.29) is 0 Å². The molecule has 0 spiro atoms. The molecule has 0 bridgehead atoms. The molecular weight excluding hydrogens is 214 g/mol. The molecule has 17 heavy (non-hydrogen) atoms. The summed E-state index contributed by atoms with van der Waals surface area (Å²) in [6.07, 6.45) is 5.51. The fraction of sp³-hybridized carbons (Fsp3) is 0.333. The first-order chi connectivity index (χ1) is 8.22. The van der Waals surface area contributed by atoms with Gasteiger partial charge in [-0.05, 0) is 6.07 Å². The Morgan fingerprint density at radius 3 is 2.88 bits per heavy atom. The van der Waals surface area contributed by atoms with Crippen LogP contribution in [0.25, 0.3) is 0 Å². The molecule has 2 heterocycles. The van der Waals surface area contributed by atoms with Gasteiger partial charge < -0.3 is 9.99 Å². The number of nitrogens with one attached hydrogen (secondary N) is 1. The Bertz CT molecular complexity index is 489. The zero-order valence-electron chi connectivity index (χ0n) is 10.1. The van der Waals surface area contributed by atoms with E-state index in [9.17, 15) is 0 Å². The fourth-order valence-electron chi connectivity index (χ4n) is 1.83. The highest BCUT2D eigenvalue weighted by molar-refractivity contribution is 5.42. The smallest absolute Gasteiger partial charge is 0.144 e. The van der Waals surface area contributed by atoms with Crippen LogP contribution >= 0.6 is 0 Å². The Labute approximate surface area is 101 Å². The molecule has 3 N–H and O–H groups in total. The topological polar surface area (TPSA) is 68.8 Å². The van der Waals surface area contributed by atoms with Crippen molar-refractivity contribution in [3.05, 3.63) is 42.1 Å². The van der Waals surface area contributed by atoms with E-state index in [0.29, 0.717) is 11.7 Å². The third-order valence-electron chi connectivity index (χ3n) is 2.63. The van der Waals surface area contributed by atoms with Crippen LogP contribution in [-0.2, 0) is 6.54 Å². The van der Waals surface area contributed by atoms with Crippen LogP contribution < -0.4 is 11.3 Å². The van der Waals surface area contributed by atoms with Gasteiger partial charge in [0.1, 0.15) is 11.6 Å². The lowest BCUT2D eigenvalue weighted by Crippen LogP contribution is -2.13. The number of nitrogens with two attached hydrogens (primary N) is 1. The van der Waals surface area contributed by atoms with Crippen LogP contribution in [0.4, 0.5) is 5.82 Å². The van der Waals surface area contributed by atoms with Gasteiger partial charge in [-0.15, -0.1) is 0 Å². The van der Waals surface area contributed by atoms with Gasteiger partial charge in [0.2, 0.25) is 0 Å². The van der Waals surface area contributed by atoms with Crippen LogP contribution in [-0.4, -0.2) is 14.5 Å². The van der Waals surface area contributed by atoms with Crippen LogP contribution in [0, 0.1) is 0 Å². The van der Waals surface area contributed by atoms with Crippen molar-refractivity contribution in [1.82, 2.24) is 14.5 Å². The molecule has 2 rings (SSSR count). The summed E-state index contributed by atoms with van der Waals surface area (Å²) in [4.78, 5) is 8.54. The van der Waals surface area contributed by atoms with Crippen molar-refractivity contribution in [3.8, 4) is 0 Å². The third-order valence-corrected chi connectivity index (χ3v) is 2.63. The highest BCUT2D eigenvalue weighted by atomic mass is 15.3. The van der Waals surface area contributed by atoms with Crippen molar-refractivity contribution in [3.63, 3.8) is 0 Å². The molecular formula is C12H17N5. The first-order valence-electron chi connectivity index (χ1n) is 5.64. The number of imidazole rings is 1. The first kappa shape index (κ1) is 11.6. The molecule has 0 aromatic carbocycles. The van der Waals surface area contributed by atoms with Gasteiger partial charge in [0.25, 0.3) is 0 Å². The maximum absolute atomic E-state index is 5.44. The zero-order valence-corrected chi connectivity index (χ0v) is 10.1. The van der Waals surface area contributed by atoms with Gasteiger partial charge in [-0.3, -0.25) is 0 Å². The normalized spacial score (nSPS) is 10.8. The lowest BCUT2D eigenvalue weighted by molar-refractivity contribution is 0.669. The van der Waals surface area contributed by atoms with Gasteiger partial charge in [0.05, 0.1) is 6.54 Å². The minimum absolute atomic E-state index is 0.399. The second-order valence-electron chi connectivity index (χ2n) is 4.22. The third kappa shape index (κ3) is 2.45. The molecule has 5 nitrogen and oxygen atoms in total. The van der Waals surface area contributed by atoms with Crippen LogP contribution in [0.5, 0.6) is 0 Å². The van der Waals surface area contributed by atoms with E-state index in [0.717, 1.165) is 17.9 Å². The molecule has 0 unspecified atom stereocenters. The molecule has 0 aliphatic rings. The van der Waals surface area contributed by atoms with E-state index in [1.54, 1.807) is 6.20 Å². The Kier molecular flexibility index (Phi) is 3.39. The maximum atomic E-state index is 5.44. The number of hydrazine groups is 1. The van der Waals surface area contributed by atoms with Gasteiger partial charge in [-0.25, -0.2) is 15.8 Å². The Morgan fingerprint density at radius 1 is 1.35 bits per heavy atom. The predicted molar refractivity (Wildman–Crippen MR) is 67.5 cm³/mol.